The Bertz CT molecular complexity index is 1020. The number of benzene rings is 2. The maximum absolute atomic E-state index is 13.7. The van der Waals surface area contributed by atoms with Crippen LogP contribution < -0.4 is 4.90 Å². The molecule has 4 rings (SSSR count). The summed E-state index contributed by atoms with van der Waals surface area (Å²) < 4.78 is 65.3. The molecule has 0 N–H and O–H groups in total. The van der Waals surface area contributed by atoms with Crippen LogP contribution in [0.3, 0.4) is 0 Å². The minimum Gasteiger partial charge on any atom is -0.370 e. The largest absolute Gasteiger partial charge is 0.458 e. The average Bonchev–Trinajstić information content (AvgIpc) is 2.73. The van der Waals surface area contributed by atoms with Crippen LogP contribution in [-0.2, 0) is 12.3 Å². The molecule has 1 aromatic heterocycles. The molecule has 0 spiro atoms. The van der Waals surface area contributed by atoms with Crippen molar-refractivity contribution < 1.29 is 22.0 Å². The standard InChI is InChI=1S/C23H21F5N2/c24-22(25,23(26,27)28)19-7-1-4-17(15-19)14-16-9-12-30(13-10-16)20-8-2-5-18-6-3-11-29-21(18)20/h1-8,11,15-16H,9-10,12-14H2. The van der Waals surface area contributed by atoms with Gasteiger partial charge in [-0.05, 0) is 48.9 Å². The van der Waals surface area contributed by atoms with Crippen LogP contribution in [0.25, 0.3) is 10.9 Å². The lowest BCUT2D eigenvalue weighted by molar-refractivity contribution is -0.289. The molecule has 1 aliphatic heterocycles. The third-order valence-corrected chi connectivity index (χ3v) is 5.74. The number of halogens is 5. The van der Waals surface area contributed by atoms with Crippen LogP contribution in [-0.4, -0.2) is 24.2 Å². The second-order valence-corrected chi connectivity index (χ2v) is 7.76. The number of hydrogen-bond donors (Lipinski definition) is 0. The van der Waals surface area contributed by atoms with Crippen LogP contribution in [0.1, 0.15) is 24.0 Å². The van der Waals surface area contributed by atoms with Crippen molar-refractivity contribution in [1.29, 1.82) is 0 Å². The van der Waals surface area contributed by atoms with E-state index in [-0.39, 0.29) is 5.92 Å². The molecule has 2 aromatic carbocycles. The Morgan fingerprint density at radius 3 is 2.33 bits per heavy atom. The molecule has 0 amide bonds. The van der Waals surface area contributed by atoms with Gasteiger partial charge in [0, 0.05) is 30.2 Å². The molecule has 2 heterocycles. The lowest BCUT2D eigenvalue weighted by Crippen LogP contribution is -2.35. The van der Waals surface area contributed by atoms with Gasteiger partial charge >= 0.3 is 12.1 Å². The molecule has 0 aliphatic carbocycles. The van der Waals surface area contributed by atoms with E-state index >= 15 is 0 Å². The van der Waals surface area contributed by atoms with E-state index in [0.29, 0.717) is 12.0 Å². The molecule has 0 bridgehead atoms. The van der Waals surface area contributed by atoms with Crippen LogP contribution in [0.15, 0.2) is 60.8 Å². The molecule has 0 unspecified atom stereocenters. The summed E-state index contributed by atoms with van der Waals surface area (Å²) in [6, 6.07) is 14.7. The second kappa shape index (κ2) is 7.85. The van der Waals surface area contributed by atoms with Gasteiger partial charge in [-0.1, -0.05) is 36.4 Å². The zero-order valence-electron chi connectivity index (χ0n) is 16.2. The molecule has 158 valence electrons. The minimum absolute atomic E-state index is 0.235. The number of hydrogen-bond acceptors (Lipinski definition) is 2. The first-order valence-corrected chi connectivity index (χ1v) is 9.88. The first-order chi connectivity index (χ1) is 14.3. The summed E-state index contributed by atoms with van der Waals surface area (Å²) in [6.45, 7) is 1.58. The summed E-state index contributed by atoms with van der Waals surface area (Å²) in [6.07, 6.45) is -1.67. The van der Waals surface area contributed by atoms with E-state index in [1.54, 1.807) is 12.3 Å². The summed E-state index contributed by atoms with van der Waals surface area (Å²) in [4.78, 5) is 6.75. The zero-order chi connectivity index (χ0) is 21.4. The van der Waals surface area contributed by atoms with E-state index in [1.165, 1.54) is 6.07 Å². The highest BCUT2D eigenvalue weighted by atomic mass is 19.4. The normalized spacial score (nSPS) is 16.2. The Hall–Kier alpha value is -2.70. The Labute approximate surface area is 171 Å². The molecule has 1 saturated heterocycles. The summed E-state index contributed by atoms with van der Waals surface area (Å²) in [7, 11) is 0. The first kappa shape index (κ1) is 20.6. The predicted molar refractivity (Wildman–Crippen MR) is 107 cm³/mol. The number of nitrogens with zero attached hydrogens (tertiary/aromatic N) is 2. The van der Waals surface area contributed by atoms with Gasteiger partial charge in [-0.25, -0.2) is 0 Å². The highest BCUT2D eigenvalue weighted by Crippen LogP contribution is 2.44. The molecular weight excluding hydrogens is 399 g/mol. The van der Waals surface area contributed by atoms with Crippen LogP contribution in [0.4, 0.5) is 27.6 Å². The van der Waals surface area contributed by atoms with Crippen LogP contribution in [0, 0.1) is 5.92 Å². The Balaban J connectivity index is 1.44. The number of rotatable bonds is 4. The summed E-state index contributed by atoms with van der Waals surface area (Å²) in [5.74, 6) is -4.60. The molecular formula is C23H21F5N2. The second-order valence-electron chi connectivity index (χ2n) is 7.76. The first-order valence-electron chi connectivity index (χ1n) is 9.88. The van der Waals surface area contributed by atoms with Gasteiger partial charge in [0.2, 0.25) is 0 Å². The monoisotopic (exact) mass is 420 g/mol. The molecule has 3 aromatic rings. The van der Waals surface area contributed by atoms with Crippen molar-refractivity contribution in [3.8, 4) is 0 Å². The molecule has 2 nitrogen and oxygen atoms in total. The van der Waals surface area contributed by atoms with Crippen molar-refractivity contribution in [3.63, 3.8) is 0 Å². The van der Waals surface area contributed by atoms with Gasteiger partial charge in [-0.2, -0.15) is 22.0 Å². The maximum atomic E-state index is 13.7. The third kappa shape index (κ3) is 3.98. The topological polar surface area (TPSA) is 16.1 Å². The van der Waals surface area contributed by atoms with Gasteiger partial charge in [-0.15, -0.1) is 0 Å². The highest BCUT2D eigenvalue weighted by molar-refractivity contribution is 5.90. The number of piperidine rings is 1. The van der Waals surface area contributed by atoms with Crippen molar-refractivity contribution in [2.75, 3.05) is 18.0 Å². The van der Waals surface area contributed by atoms with Crippen LogP contribution in [0.2, 0.25) is 0 Å². The van der Waals surface area contributed by atoms with Gasteiger partial charge in [0.05, 0.1) is 11.2 Å². The molecule has 0 radical (unpaired) electrons. The molecule has 0 saturated carbocycles. The Morgan fingerprint density at radius 2 is 1.60 bits per heavy atom. The highest BCUT2D eigenvalue weighted by Gasteiger charge is 2.58. The van der Waals surface area contributed by atoms with Gasteiger partial charge in [-0.3, -0.25) is 4.98 Å². The summed E-state index contributed by atoms with van der Waals surface area (Å²) >= 11 is 0. The van der Waals surface area contributed by atoms with Crippen LogP contribution in [0.5, 0.6) is 0 Å². The molecule has 1 aliphatic rings. The van der Waals surface area contributed by atoms with Gasteiger partial charge in [0.15, 0.2) is 0 Å². The van der Waals surface area contributed by atoms with Crippen molar-refractivity contribution in [1.82, 2.24) is 4.98 Å². The van der Waals surface area contributed by atoms with E-state index in [4.69, 9.17) is 0 Å². The fourth-order valence-electron chi connectivity index (χ4n) is 4.11. The van der Waals surface area contributed by atoms with E-state index in [1.807, 2.05) is 30.3 Å². The quantitative estimate of drug-likeness (QED) is 0.458. The predicted octanol–water partition coefficient (Wildman–Crippen LogP) is 6.35. The van der Waals surface area contributed by atoms with Crippen molar-refractivity contribution >= 4 is 16.6 Å². The molecule has 0 atom stereocenters. The SMILES string of the molecule is FC(F)(F)C(F)(F)c1cccc(CC2CCN(c3cccc4cccnc34)CC2)c1. The smallest absolute Gasteiger partial charge is 0.370 e. The number of pyridine rings is 1. The van der Waals surface area contributed by atoms with E-state index in [2.05, 4.69) is 9.88 Å². The maximum Gasteiger partial charge on any atom is 0.458 e. The van der Waals surface area contributed by atoms with Gasteiger partial charge in [0.1, 0.15) is 0 Å². The van der Waals surface area contributed by atoms with E-state index < -0.39 is 17.7 Å². The van der Waals surface area contributed by atoms with Crippen molar-refractivity contribution in [2.24, 2.45) is 5.92 Å². The molecule has 1 fully saturated rings. The summed E-state index contributed by atoms with van der Waals surface area (Å²) in [5.41, 5.74) is 1.53. The minimum atomic E-state index is -5.59. The van der Waals surface area contributed by atoms with Crippen molar-refractivity contribution in [3.05, 3.63) is 71.9 Å². The van der Waals surface area contributed by atoms with Gasteiger partial charge in [0.25, 0.3) is 0 Å². The van der Waals surface area contributed by atoms with Crippen molar-refractivity contribution in [2.45, 2.75) is 31.4 Å². The van der Waals surface area contributed by atoms with E-state index in [0.717, 1.165) is 54.7 Å². The Kier molecular flexibility index (Phi) is 5.38. The average molecular weight is 420 g/mol. The fraction of sp³-hybridized carbons (Fsp3) is 0.348. The number of fused-ring (bicyclic) bond motifs is 1. The summed E-state index contributed by atoms with van der Waals surface area (Å²) in [5, 5.41) is 1.07. The molecule has 7 heteroatoms. The zero-order valence-corrected chi connectivity index (χ0v) is 16.2. The Morgan fingerprint density at radius 1 is 0.900 bits per heavy atom. The van der Waals surface area contributed by atoms with E-state index in [9.17, 15) is 22.0 Å². The lowest BCUT2D eigenvalue weighted by atomic mass is 9.89. The molecule has 30 heavy (non-hydrogen) atoms. The van der Waals surface area contributed by atoms with Gasteiger partial charge < -0.3 is 4.90 Å². The number of aromatic nitrogens is 1. The number of alkyl halides is 5. The lowest BCUT2D eigenvalue weighted by Gasteiger charge is -2.34. The number of para-hydroxylation sites is 1. The third-order valence-electron chi connectivity index (χ3n) is 5.74. The van der Waals surface area contributed by atoms with Crippen LogP contribution >= 0.6 is 0 Å². The fourth-order valence-corrected chi connectivity index (χ4v) is 4.11. The number of anilines is 1.